The van der Waals surface area contributed by atoms with Crippen LogP contribution in [0.2, 0.25) is 0 Å². The Morgan fingerprint density at radius 2 is 1.78 bits per heavy atom. The molecule has 1 N–H and O–H groups in total. The molecule has 23 heavy (non-hydrogen) atoms. The van der Waals surface area contributed by atoms with Gasteiger partial charge in [0.05, 0.1) is 19.4 Å². The number of hydrogen-bond donors (Lipinski definition) is 1. The molecule has 3 aromatic rings. The van der Waals surface area contributed by atoms with E-state index >= 15 is 0 Å². The predicted molar refractivity (Wildman–Crippen MR) is 86.9 cm³/mol. The van der Waals surface area contributed by atoms with Crippen molar-refractivity contribution in [3.05, 3.63) is 78.1 Å². The third-order valence-corrected chi connectivity index (χ3v) is 3.38. The van der Waals surface area contributed by atoms with E-state index in [4.69, 9.17) is 8.83 Å². The maximum atomic E-state index is 12.6. The number of para-hydroxylation sites is 1. The lowest BCUT2D eigenvalue weighted by molar-refractivity contribution is 0.195. The molecule has 0 aliphatic heterocycles. The summed E-state index contributed by atoms with van der Waals surface area (Å²) in [4.78, 5) is 14.2. The molecule has 0 atom stereocenters. The molecule has 0 fully saturated rings. The van der Waals surface area contributed by atoms with Gasteiger partial charge in [-0.1, -0.05) is 18.2 Å². The Bertz CT molecular complexity index is 748. The molecule has 0 aliphatic rings. The van der Waals surface area contributed by atoms with E-state index in [-0.39, 0.29) is 6.03 Å². The van der Waals surface area contributed by atoms with Gasteiger partial charge in [-0.05, 0) is 43.3 Å². The zero-order chi connectivity index (χ0) is 16.1. The van der Waals surface area contributed by atoms with Crippen LogP contribution in [0.1, 0.15) is 17.3 Å². The zero-order valence-corrected chi connectivity index (χ0v) is 12.9. The first-order chi connectivity index (χ1) is 11.2. The first-order valence-corrected chi connectivity index (χ1v) is 7.39. The van der Waals surface area contributed by atoms with Crippen LogP contribution in [0.4, 0.5) is 10.5 Å². The number of nitrogens with one attached hydrogen (secondary N) is 1. The van der Waals surface area contributed by atoms with Crippen LogP contribution in [0.25, 0.3) is 0 Å². The molecule has 0 radical (unpaired) electrons. The second-order valence-electron chi connectivity index (χ2n) is 5.24. The summed E-state index contributed by atoms with van der Waals surface area (Å²) < 4.78 is 10.9. The lowest BCUT2D eigenvalue weighted by Crippen LogP contribution is -2.33. The number of nitrogens with zero attached hydrogens (tertiary/aromatic N) is 1. The van der Waals surface area contributed by atoms with Crippen molar-refractivity contribution in [1.82, 2.24) is 4.90 Å². The molecule has 0 spiro atoms. The minimum Gasteiger partial charge on any atom is -0.467 e. The molecule has 2 amide bonds. The van der Waals surface area contributed by atoms with Gasteiger partial charge in [-0.25, -0.2) is 4.79 Å². The number of aryl methyl sites for hydroxylation is 1. The van der Waals surface area contributed by atoms with Gasteiger partial charge in [-0.15, -0.1) is 0 Å². The summed E-state index contributed by atoms with van der Waals surface area (Å²) in [7, 11) is 0. The van der Waals surface area contributed by atoms with Gasteiger partial charge in [0.25, 0.3) is 0 Å². The van der Waals surface area contributed by atoms with Crippen LogP contribution in [-0.2, 0) is 13.1 Å². The molecule has 3 rings (SSSR count). The predicted octanol–water partition coefficient (Wildman–Crippen LogP) is 4.42. The number of anilines is 1. The highest BCUT2D eigenvalue weighted by Gasteiger charge is 2.17. The molecule has 0 aliphatic carbocycles. The number of rotatable bonds is 5. The average Bonchev–Trinajstić information content (AvgIpc) is 3.19. The van der Waals surface area contributed by atoms with Gasteiger partial charge >= 0.3 is 6.03 Å². The fourth-order valence-electron chi connectivity index (χ4n) is 2.27. The smallest absolute Gasteiger partial charge is 0.322 e. The quantitative estimate of drug-likeness (QED) is 0.759. The summed E-state index contributed by atoms with van der Waals surface area (Å²) in [6, 6.07) is 16.6. The third-order valence-electron chi connectivity index (χ3n) is 3.38. The van der Waals surface area contributed by atoms with Crippen LogP contribution in [-0.4, -0.2) is 10.9 Å². The van der Waals surface area contributed by atoms with Gasteiger partial charge < -0.3 is 19.1 Å². The Labute approximate surface area is 134 Å². The van der Waals surface area contributed by atoms with Crippen molar-refractivity contribution in [3.63, 3.8) is 0 Å². The number of carbonyl (C=O) groups is 1. The summed E-state index contributed by atoms with van der Waals surface area (Å²) in [6.45, 7) is 2.61. The third kappa shape index (κ3) is 4.03. The Morgan fingerprint density at radius 3 is 2.43 bits per heavy atom. The van der Waals surface area contributed by atoms with Crippen molar-refractivity contribution in [1.29, 1.82) is 0 Å². The van der Waals surface area contributed by atoms with Crippen molar-refractivity contribution in [2.24, 2.45) is 0 Å². The molecule has 0 saturated carbocycles. The van der Waals surface area contributed by atoms with Crippen LogP contribution < -0.4 is 5.32 Å². The Balaban J connectivity index is 1.74. The summed E-state index contributed by atoms with van der Waals surface area (Å²) in [6.07, 6.45) is 1.60. The van der Waals surface area contributed by atoms with Gasteiger partial charge in [0.1, 0.15) is 17.3 Å². The summed E-state index contributed by atoms with van der Waals surface area (Å²) in [5.41, 5.74) is 0.748. The van der Waals surface area contributed by atoms with Gasteiger partial charge in [-0.2, -0.15) is 0 Å². The van der Waals surface area contributed by atoms with Crippen molar-refractivity contribution in [2.45, 2.75) is 20.0 Å². The minimum absolute atomic E-state index is 0.207. The first kappa shape index (κ1) is 15.0. The molecule has 0 saturated heterocycles. The van der Waals surface area contributed by atoms with Gasteiger partial charge in [0.2, 0.25) is 0 Å². The SMILES string of the molecule is Cc1ccc(CN(Cc2ccco2)C(=O)Nc2ccccc2)o1. The van der Waals surface area contributed by atoms with Gasteiger partial charge in [-0.3, -0.25) is 0 Å². The summed E-state index contributed by atoms with van der Waals surface area (Å²) >= 11 is 0. The first-order valence-electron chi connectivity index (χ1n) is 7.39. The molecule has 1 aromatic carbocycles. The lowest BCUT2D eigenvalue weighted by atomic mass is 10.3. The number of urea groups is 1. The van der Waals surface area contributed by atoms with E-state index in [9.17, 15) is 4.79 Å². The topological polar surface area (TPSA) is 58.6 Å². The summed E-state index contributed by atoms with van der Waals surface area (Å²) in [5.74, 6) is 2.27. The molecule has 118 valence electrons. The number of amides is 2. The van der Waals surface area contributed by atoms with Crippen LogP contribution in [0, 0.1) is 6.92 Å². The van der Waals surface area contributed by atoms with Crippen LogP contribution >= 0.6 is 0 Å². The fraction of sp³-hybridized carbons (Fsp3) is 0.167. The van der Waals surface area contributed by atoms with Crippen LogP contribution in [0.5, 0.6) is 0 Å². The summed E-state index contributed by atoms with van der Waals surface area (Å²) in [5, 5.41) is 2.89. The van der Waals surface area contributed by atoms with Crippen LogP contribution in [0.3, 0.4) is 0 Å². The lowest BCUT2D eigenvalue weighted by Gasteiger charge is -2.21. The van der Waals surface area contributed by atoms with Crippen molar-refractivity contribution >= 4 is 11.7 Å². The highest BCUT2D eigenvalue weighted by Crippen LogP contribution is 2.15. The van der Waals surface area contributed by atoms with Crippen LogP contribution in [0.15, 0.2) is 69.7 Å². The van der Waals surface area contributed by atoms with E-state index in [1.807, 2.05) is 55.5 Å². The van der Waals surface area contributed by atoms with E-state index in [1.54, 1.807) is 17.2 Å². The molecule has 0 unspecified atom stereocenters. The van der Waals surface area contributed by atoms with E-state index in [1.165, 1.54) is 0 Å². The molecule has 2 aromatic heterocycles. The Kier molecular flexibility index (Phi) is 4.47. The van der Waals surface area contributed by atoms with Crippen molar-refractivity contribution in [2.75, 3.05) is 5.32 Å². The zero-order valence-electron chi connectivity index (χ0n) is 12.9. The Morgan fingerprint density at radius 1 is 1.00 bits per heavy atom. The molecule has 2 heterocycles. The van der Waals surface area contributed by atoms with Crippen molar-refractivity contribution < 1.29 is 13.6 Å². The minimum atomic E-state index is -0.207. The number of benzene rings is 1. The highest BCUT2D eigenvalue weighted by atomic mass is 16.3. The van der Waals surface area contributed by atoms with Crippen molar-refractivity contribution in [3.8, 4) is 0 Å². The fourth-order valence-corrected chi connectivity index (χ4v) is 2.27. The van der Waals surface area contributed by atoms with Gasteiger partial charge in [0, 0.05) is 5.69 Å². The second-order valence-corrected chi connectivity index (χ2v) is 5.24. The average molecular weight is 310 g/mol. The second kappa shape index (κ2) is 6.87. The standard InChI is InChI=1S/C18H18N2O3/c1-14-9-10-17(23-14)13-20(12-16-8-5-11-22-16)18(21)19-15-6-3-2-4-7-15/h2-11H,12-13H2,1H3,(H,19,21). The number of furan rings is 2. The van der Waals surface area contributed by atoms with E-state index in [2.05, 4.69) is 5.32 Å². The monoisotopic (exact) mass is 310 g/mol. The molecule has 5 nitrogen and oxygen atoms in total. The Hall–Kier alpha value is -2.95. The van der Waals surface area contributed by atoms with Gasteiger partial charge in [0.15, 0.2) is 0 Å². The molecule has 5 heteroatoms. The number of hydrogen-bond acceptors (Lipinski definition) is 3. The molecular formula is C18H18N2O3. The molecular weight excluding hydrogens is 292 g/mol. The normalized spacial score (nSPS) is 10.5. The largest absolute Gasteiger partial charge is 0.467 e. The van der Waals surface area contributed by atoms with E-state index in [0.29, 0.717) is 13.1 Å². The molecule has 0 bridgehead atoms. The highest BCUT2D eigenvalue weighted by molar-refractivity contribution is 5.89. The van der Waals surface area contributed by atoms with E-state index in [0.717, 1.165) is 23.0 Å². The maximum Gasteiger partial charge on any atom is 0.322 e. The maximum absolute atomic E-state index is 12.6. The number of carbonyl (C=O) groups excluding carboxylic acids is 1. The van der Waals surface area contributed by atoms with E-state index < -0.39 is 0 Å².